The van der Waals surface area contributed by atoms with E-state index in [4.69, 9.17) is 11.6 Å². The number of amides is 1. The van der Waals surface area contributed by atoms with Crippen LogP contribution in [0.3, 0.4) is 0 Å². The van der Waals surface area contributed by atoms with Gasteiger partial charge < -0.3 is 5.32 Å². The SMILES string of the molecule is Cc1ccc(CNC(=O)Cc2cccc(Cl)c2)cc1. The summed E-state index contributed by atoms with van der Waals surface area (Å²) in [6, 6.07) is 15.5. The molecule has 0 bridgehead atoms. The van der Waals surface area contributed by atoms with Crippen LogP contribution in [0.2, 0.25) is 5.02 Å². The first-order valence-corrected chi connectivity index (χ1v) is 6.58. The van der Waals surface area contributed by atoms with Crippen molar-refractivity contribution in [2.45, 2.75) is 19.9 Å². The van der Waals surface area contributed by atoms with Gasteiger partial charge in [0.05, 0.1) is 6.42 Å². The van der Waals surface area contributed by atoms with Crippen molar-refractivity contribution >= 4 is 17.5 Å². The highest BCUT2D eigenvalue weighted by Gasteiger charge is 2.03. The average Bonchev–Trinajstić information content (AvgIpc) is 2.38. The smallest absolute Gasteiger partial charge is 0.224 e. The summed E-state index contributed by atoms with van der Waals surface area (Å²) in [5.41, 5.74) is 3.24. The molecule has 0 aliphatic rings. The molecule has 0 saturated carbocycles. The van der Waals surface area contributed by atoms with Crippen LogP contribution in [0, 0.1) is 6.92 Å². The molecular formula is C16H16ClNO. The Labute approximate surface area is 118 Å². The van der Waals surface area contributed by atoms with Crippen LogP contribution in [0.25, 0.3) is 0 Å². The predicted molar refractivity (Wildman–Crippen MR) is 78.2 cm³/mol. The molecule has 2 nitrogen and oxygen atoms in total. The lowest BCUT2D eigenvalue weighted by molar-refractivity contribution is -0.120. The maximum atomic E-state index is 11.8. The second-order valence-corrected chi connectivity index (χ2v) is 5.01. The van der Waals surface area contributed by atoms with E-state index in [0.717, 1.165) is 11.1 Å². The van der Waals surface area contributed by atoms with Crippen molar-refractivity contribution in [2.75, 3.05) is 0 Å². The summed E-state index contributed by atoms with van der Waals surface area (Å²) < 4.78 is 0. The summed E-state index contributed by atoms with van der Waals surface area (Å²) in [6.07, 6.45) is 0.354. The molecule has 2 aromatic carbocycles. The lowest BCUT2D eigenvalue weighted by atomic mass is 10.1. The standard InChI is InChI=1S/C16H16ClNO/c1-12-5-7-13(8-6-12)11-18-16(19)10-14-3-2-4-15(17)9-14/h2-9H,10-11H2,1H3,(H,18,19). The molecule has 2 aromatic rings. The van der Waals surface area contributed by atoms with E-state index in [1.54, 1.807) is 6.07 Å². The fraction of sp³-hybridized carbons (Fsp3) is 0.188. The first kappa shape index (κ1) is 13.6. The molecule has 1 amide bonds. The lowest BCUT2D eigenvalue weighted by Gasteiger charge is -2.06. The van der Waals surface area contributed by atoms with E-state index < -0.39 is 0 Å². The molecule has 0 fully saturated rings. The number of hydrogen-bond acceptors (Lipinski definition) is 1. The topological polar surface area (TPSA) is 29.1 Å². The largest absolute Gasteiger partial charge is 0.352 e. The van der Waals surface area contributed by atoms with Crippen molar-refractivity contribution < 1.29 is 4.79 Å². The predicted octanol–water partition coefficient (Wildman–Crippen LogP) is 3.51. The maximum absolute atomic E-state index is 11.8. The monoisotopic (exact) mass is 273 g/mol. The molecule has 0 spiro atoms. The van der Waals surface area contributed by atoms with Gasteiger partial charge in [0.15, 0.2) is 0 Å². The number of halogens is 1. The van der Waals surface area contributed by atoms with Gasteiger partial charge in [-0.3, -0.25) is 4.79 Å². The van der Waals surface area contributed by atoms with E-state index in [1.807, 2.05) is 49.4 Å². The van der Waals surface area contributed by atoms with Gasteiger partial charge in [-0.05, 0) is 30.2 Å². The minimum Gasteiger partial charge on any atom is -0.352 e. The molecule has 0 aliphatic heterocycles. The Morgan fingerprint density at radius 2 is 1.84 bits per heavy atom. The molecular weight excluding hydrogens is 258 g/mol. The first-order chi connectivity index (χ1) is 9.13. The molecule has 98 valence electrons. The van der Waals surface area contributed by atoms with Gasteiger partial charge in [-0.2, -0.15) is 0 Å². The number of rotatable bonds is 4. The van der Waals surface area contributed by atoms with Crippen molar-refractivity contribution in [3.63, 3.8) is 0 Å². The van der Waals surface area contributed by atoms with E-state index in [-0.39, 0.29) is 5.91 Å². The number of benzene rings is 2. The van der Waals surface area contributed by atoms with E-state index in [9.17, 15) is 4.79 Å². The zero-order valence-corrected chi connectivity index (χ0v) is 11.6. The zero-order chi connectivity index (χ0) is 13.7. The second-order valence-electron chi connectivity index (χ2n) is 4.57. The minimum absolute atomic E-state index is 0.00263. The van der Waals surface area contributed by atoms with E-state index >= 15 is 0 Å². The molecule has 0 saturated heterocycles. The summed E-state index contributed by atoms with van der Waals surface area (Å²) in [5.74, 6) is 0.00263. The number of nitrogens with one attached hydrogen (secondary N) is 1. The van der Waals surface area contributed by atoms with E-state index in [2.05, 4.69) is 5.32 Å². The number of carbonyl (C=O) groups is 1. The molecule has 1 N–H and O–H groups in total. The van der Waals surface area contributed by atoms with Gasteiger partial charge in [-0.25, -0.2) is 0 Å². The van der Waals surface area contributed by atoms with Crippen LogP contribution >= 0.6 is 11.6 Å². The number of carbonyl (C=O) groups excluding carboxylic acids is 1. The Kier molecular flexibility index (Phi) is 4.58. The molecule has 3 heteroatoms. The average molecular weight is 274 g/mol. The van der Waals surface area contributed by atoms with Crippen molar-refractivity contribution in [1.29, 1.82) is 0 Å². The van der Waals surface area contributed by atoms with Crippen LogP contribution in [0.4, 0.5) is 0 Å². The van der Waals surface area contributed by atoms with Crippen LogP contribution < -0.4 is 5.32 Å². The number of hydrogen-bond donors (Lipinski definition) is 1. The summed E-state index contributed by atoms with van der Waals surface area (Å²) in [7, 11) is 0. The van der Waals surface area contributed by atoms with Gasteiger partial charge in [0.2, 0.25) is 5.91 Å². The molecule has 0 aromatic heterocycles. The second kappa shape index (κ2) is 6.39. The van der Waals surface area contributed by atoms with Gasteiger partial charge in [0.1, 0.15) is 0 Å². The highest BCUT2D eigenvalue weighted by molar-refractivity contribution is 6.30. The normalized spacial score (nSPS) is 10.2. The van der Waals surface area contributed by atoms with Crippen molar-refractivity contribution in [1.82, 2.24) is 5.32 Å². The Balaban J connectivity index is 1.86. The fourth-order valence-electron chi connectivity index (χ4n) is 1.80. The molecule has 2 rings (SSSR count). The molecule has 0 heterocycles. The molecule has 0 atom stereocenters. The summed E-state index contributed by atoms with van der Waals surface area (Å²) in [5, 5.41) is 3.56. The van der Waals surface area contributed by atoms with Gasteiger partial charge in [-0.1, -0.05) is 53.6 Å². The van der Waals surface area contributed by atoms with Gasteiger partial charge in [0.25, 0.3) is 0 Å². The third-order valence-electron chi connectivity index (χ3n) is 2.86. The first-order valence-electron chi connectivity index (χ1n) is 6.20. The van der Waals surface area contributed by atoms with Crippen LogP contribution in [0.5, 0.6) is 0 Å². The Morgan fingerprint density at radius 1 is 1.11 bits per heavy atom. The van der Waals surface area contributed by atoms with Crippen molar-refractivity contribution in [2.24, 2.45) is 0 Å². The third-order valence-corrected chi connectivity index (χ3v) is 3.10. The molecule has 0 radical (unpaired) electrons. The quantitative estimate of drug-likeness (QED) is 0.907. The third kappa shape index (κ3) is 4.42. The Bertz CT molecular complexity index is 563. The van der Waals surface area contributed by atoms with E-state index in [1.165, 1.54) is 5.56 Å². The van der Waals surface area contributed by atoms with Crippen molar-refractivity contribution in [3.8, 4) is 0 Å². The summed E-state index contributed by atoms with van der Waals surface area (Å²) >= 11 is 5.88. The van der Waals surface area contributed by atoms with E-state index in [0.29, 0.717) is 18.0 Å². The fourth-order valence-corrected chi connectivity index (χ4v) is 2.01. The molecule has 0 aliphatic carbocycles. The number of aryl methyl sites for hydroxylation is 1. The molecule has 19 heavy (non-hydrogen) atoms. The van der Waals surface area contributed by atoms with Crippen LogP contribution in [-0.4, -0.2) is 5.91 Å². The van der Waals surface area contributed by atoms with Gasteiger partial charge in [0, 0.05) is 11.6 Å². The van der Waals surface area contributed by atoms with Crippen LogP contribution in [0.1, 0.15) is 16.7 Å². The van der Waals surface area contributed by atoms with Gasteiger partial charge in [-0.15, -0.1) is 0 Å². The van der Waals surface area contributed by atoms with Crippen LogP contribution in [0.15, 0.2) is 48.5 Å². The Hall–Kier alpha value is -1.80. The highest BCUT2D eigenvalue weighted by Crippen LogP contribution is 2.11. The van der Waals surface area contributed by atoms with Gasteiger partial charge >= 0.3 is 0 Å². The molecule has 0 unspecified atom stereocenters. The van der Waals surface area contributed by atoms with Crippen molar-refractivity contribution in [3.05, 3.63) is 70.2 Å². The lowest BCUT2D eigenvalue weighted by Crippen LogP contribution is -2.24. The highest BCUT2D eigenvalue weighted by atomic mass is 35.5. The minimum atomic E-state index is 0.00263. The summed E-state index contributed by atoms with van der Waals surface area (Å²) in [6.45, 7) is 2.60. The van der Waals surface area contributed by atoms with Crippen LogP contribution in [-0.2, 0) is 17.8 Å². The maximum Gasteiger partial charge on any atom is 0.224 e. The summed E-state index contributed by atoms with van der Waals surface area (Å²) in [4.78, 5) is 11.8. The Morgan fingerprint density at radius 3 is 2.53 bits per heavy atom. The zero-order valence-electron chi connectivity index (χ0n) is 10.8.